The van der Waals surface area contributed by atoms with Gasteiger partial charge in [-0.2, -0.15) is 5.26 Å². The fraction of sp³-hybridized carbons (Fsp3) is 0.944. The van der Waals surface area contributed by atoms with Gasteiger partial charge in [-0.05, 0) is 49.5 Å². The van der Waals surface area contributed by atoms with Crippen molar-refractivity contribution in [2.75, 3.05) is 26.2 Å². The first-order valence-electron chi connectivity index (χ1n) is 8.79. The highest BCUT2D eigenvalue weighted by molar-refractivity contribution is 4.89. The maximum Gasteiger partial charge on any atom is 0.0866 e. The summed E-state index contributed by atoms with van der Waals surface area (Å²) >= 11 is 0. The predicted molar refractivity (Wildman–Crippen MR) is 88.0 cm³/mol. The van der Waals surface area contributed by atoms with Gasteiger partial charge in [0.15, 0.2) is 0 Å². The molecule has 1 heterocycles. The molecule has 2 fully saturated rings. The van der Waals surface area contributed by atoms with Gasteiger partial charge >= 0.3 is 0 Å². The van der Waals surface area contributed by atoms with Crippen molar-refractivity contribution < 1.29 is 0 Å². The third-order valence-corrected chi connectivity index (χ3v) is 4.98. The molecule has 1 aliphatic carbocycles. The van der Waals surface area contributed by atoms with E-state index in [1.165, 1.54) is 45.1 Å². The Bertz CT molecular complexity index is 346. The summed E-state index contributed by atoms with van der Waals surface area (Å²) in [6.45, 7) is 10.9. The lowest BCUT2D eigenvalue weighted by atomic mass is 9.80. The molecule has 3 heteroatoms. The highest BCUT2D eigenvalue weighted by atomic mass is 15.2. The van der Waals surface area contributed by atoms with E-state index in [4.69, 9.17) is 5.26 Å². The third-order valence-electron chi connectivity index (χ3n) is 4.98. The van der Waals surface area contributed by atoms with E-state index >= 15 is 0 Å². The van der Waals surface area contributed by atoms with Gasteiger partial charge in [-0.25, -0.2) is 0 Å². The van der Waals surface area contributed by atoms with Crippen molar-refractivity contribution in [1.29, 1.82) is 5.26 Å². The number of nitrogens with one attached hydrogen (secondary N) is 1. The Balaban J connectivity index is 1.84. The van der Waals surface area contributed by atoms with E-state index in [9.17, 15) is 0 Å². The van der Waals surface area contributed by atoms with Crippen LogP contribution in [0.3, 0.4) is 0 Å². The summed E-state index contributed by atoms with van der Waals surface area (Å²) in [7, 11) is 0. The second-order valence-electron chi connectivity index (χ2n) is 8.47. The molecular formula is C18H33N3. The number of nitrogens with zero attached hydrogens (tertiary/aromatic N) is 2. The number of hydrogen-bond donors (Lipinski definition) is 1. The monoisotopic (exact) mass is 291 g/mol. The van der Waals surface area contributed by atoms with Crippen LogP contribution < -0.4 is 5.32 Å². The first kappa shape index (κ1) is 16.8. The van der Waals surface area contributed by atoms with Crippen LogP contribution in [0.5, 0.6) is 0 Å². The van der Waals surface area contributed by atoms with E-state index in [0.717, 1.165) is 24.9 Å². The van der Waals surface area contributed by atoms with Crippen molar-refractivity contribution in [2.24, 2.45) is 17.3 Å². The second-order valence-corrected chi connectivity index (χ2v) is 8.47. The summed E-state index contributed by atoms with van der Waals surface area (Å²) < 4.78 is 0. The summed E-state index contributed by atoms with van der Waals surface area (Å²) in [6, 6.07) is 2.92. The zero-order chi connectivity index (χ0) is 15.3. The molecule has 2 rings (SSSR count). The van der Waals surface area contributed by atoms with Crippen LogP contribution >= 0.6 is 0 Å². The molecule has 1 N–H and O–H groups in total. The smallest absolute Gasteiger partial charge is 0.0866 e. The molecule has 0 aromatic carbocycles. The molecule has 3 nitrogen and oxygen atoms in total. The average molecular weight is 291 g/mol. The number of piperidine rings is 1. The Morgan fingerprint density at radius 1 is 1.14 bits per heavy atom. The van der Waals surface area contributed by atoms with E-state index in [1.807, 2.05) is 0 Å². The largest absolute Gasteiger partial charge is 0.312 e. The van der Waals surface area contributed by atoms with Crippen molar-refractivity contribution >= 4 is 0 Å². The van der Waals surface area contributed by atoms with E-state index in [0.29, 0.717) is 18.0 Å². The van der Waals surface area contributed by atoms with Gasteiger partial charge in [-0.3, -0.25) is 4.90 Å². The van der Waals surface area contributed by atoms with Gasteiger partial charge < -0.3 is 5.32 Å². The number of likely N-dealkylation sites (tertiary alicyclic amines) is 1. The Morgan fingerprint density at radius 3 is 2.48 bits per heavy atom. The maximum absolute atomic E-state index is 9.01. The van der Waals surface area contributed by atoms with Gasteiger partial charge in [0, 0.05) is 19.1 Å². The SMILES string of the molecule is CC(C)(C)CC1CC(NCC2CCCC2)CN(CC#N)C1. The van der Waals surface area contributed by atoms with E-state index in [2.05, 4.69) is 37.1 Å². The molecule has 0 spiro atoms. The fourth-order valence-corrected chi connectivity index (χ4v) is 4.24. The summed E-state index contributed by atoms with van der Waals surface area (Å²) in [5, 5.41) is 12.8. The summed E-state index contributed by atoms with van der Waals surface area (Å²) in [5.41, 5.74) is 0.385. The van der Waals surface area contributed by atoms with Gasteiger partial charge in [0.1, 0.15) is 0 Å². The van der Waals surface area contributed by atoms with Gasteiger partial charge in [0.05, 0.1) is 12.6 Å². The Hall–Kier alpha value is -0.590. The van der Waals surface area contributed by atoms with E-state index < -0.39 is 0 Å². The predicted octanol–water partition coefficient (Wildman–Crippen LogP) is 3.42. The molecule has 0 aromatic heterocycles. The van der Waals surface area contributed by atoms with Crippen LogP contribution in [0.4, 0.5) is 0 Å². The molecule has 0 aromatic rings. The first-order chi connectivity index (χ1) is 9.96. The number of hydrogen-bond acceptors (Lipinski definition) is 3. The lowest BCUT2D eigenvalue weighted by Gasteiger charge is -2.39. The second kappa shape index (κ2) is 7.61. The summed E-state index contributed by atoms with van der Waals surface area (Å²) in [5.74, 6) is 1.63. The van der Waals surface area contributed by atoms with Crippen molar-refractivity contribution in [2.45, 2.75) is 65.3 Å². The van der Waals surface area contributed by atoms with Crippen molar-refractivity contribution in [1.82, 2.24) is 10.2 Å². The van der Waals surface area contributed by atoms with Crippen molar-refractivity contribution in [3.05, 3.63) is 0 Å². The zero-order valence-corrected chi connectivity index (χ0v) is 14.2. The minimum absolute atomic E-state index is 0.385. The normalized spacial score (nSPS) is 28.7. The van der Waals surface area contributed by atoms with Gasteiger partial charge in [0.2, 0.25) is 0 Å². The maximum atomic E-state index is 9.01. The Morgan fingerprint density at radius 2 is 1.86 bits per heavy atom. The van der Waals surface area contributed by atoms with Crippen LogP contribution in [0.1, 0.15) is 59.3 Å². The molecular weight excluding hydrogens is 258 g/mol. The van der Waals surface area contributed by atoms with Crippen LogP contribution in [0.25, 0.3) is 0 Å². The minimum Gasteiger partial charge on any atom is -0.312 e. The van der Waals surface area contributed by atoms with Crippen LogP contribution in [0.15, 0.2) is 0 Å². The molecule has 0 bridgehead atoms. The molecule has 0 amide bonds. The Labute approximate surface area is 131 Å². The van der Waals surface area contributed by atoms with Crippen LogP contribution in [-0.2, 0) is 0 Å². The van der Waals surface area contributed by atoms with Crippen LogP contribution in [0, 0.1) is 28.6 Å². The molecule has 1 aliphatic heterocycles. The van der Waals surface area contributed by atoms with E-state index in [1.54, 1.807) is 0 Å². The molecule has 2 atom stereocenters. The molecule has 1 saturated carbocycles. The molecule has 2 aliphatic rings. The quantitative estimate of drug-likeness (QED) is 0.789. The lowest BCUT2D eigenvalue weighted by molar-refractivity contribution is 0.123. The zero-order valence-electron chi connectivity index (χ0n) is 14.2. The topological polar surface area (TPSA) is 39.1 Å². The molecule has 0 radical (unpaired) electrons. The highest BCUT2D eigenvalue weighted by Crippen LogP contribution is 2.30. The van der Waals surface area contributed by atoms with Crippen LogP contribution in [0.2, 0.25) is 0 Å². The van der Waals surface area contributed by atoms with Crippen LogP contribution in [-0.4, -0.2) is 37.1 Å². The fourth-order valence-electron chi connectivity index (χ4n) is 4.24. The molecule has 120 valence electrons. The summed E-state index contributed by atoms with van der Waals surface area (Å²) in [6.07, 6.45) is 8.21. The number of nitriles is 1. The first-order valence-corrected chi connectivity index (χ1v) is 8.79. The standard InChI is InChI=1S/C18H33N3/c1-18(2,3)11-16-10-17(14-21(13-16)9-8-19)20-12-15-6-4-5-7-15/h15-17,20H,4-7,9-14H2,1-3H3. The Kier molecular flexibility index (Phi) is 6.08. The van der Waals surface area contributed by atoms with Gasteiger partial charge in [-0.1, -0.05) is 33.6 Å². The molecule has 1 saturated heterocycles. The minimum atomic E-state index is 0.385. The molecule has 2 unspecified atom stereocenters. The molecule has 21 heavy (non-hydrogen) atoms. The third kappa shape index (κ3) is 5.96. The van der Waals surface area contributed by atoms with Gasteiger partial charge in [-0.15, -0.1) is 0 Å². The summed E-state index contributed by atoms with van der Waals surface area (Å²) in [4.78, 5) is 2.35. The van der Waals surface area contributed by atoms with Gasteiger partial charge in [0.25, 0.3) is 0 Å². The average Bonchev–Trinajstić information content (AvgIpc) is 2.87. The van der Waals surface area contributed by atoms with Crippen molar-refractivity contribution in [3.8, 4) is 6.07 Å². The number of rotatable bonds is 5. The van der Waals surface area contributed by atoms with Crippen molar-refractivity contribution in [3.63, 3.8) is 0 Å². The highest BCUT2D eigenvalue weighted by Gasteiger charge is 2.30. The van der Waals surface area contributed by atoms with E-state index in [-0.39, 0.29) is 0 Å². The lowest BCUT2D eigenvalue weighted by Crippen LogP contribution is -2.50.